The van der Waals surface area contributed by atoms with E-state index in [4.69, 9.17) is 9.63 Å². The molecule has 2 N–H and O–H groups in total. The maximum absolute atomic E-state index is 10.9. The molecule has 0 saturated carbocycles. The van der Waals surface area contributed by atoms with Crippen LogP contribution < -0.4 is 5.56 Å². The first-order chi connectivity index (χ1) is 5.27. The summed E-state index contributed by atoms with van der Waals surface area (Å²) in [6.07, 6.45) is 0. The van der Waals surface area contributed by atoms with Gasteiger partial charge < -0.3 is 9.63 Å². The summed E-state index contributed by atoms with van der Waals surface area (Å²) in [5.41, 5.74) is 0.128. The number of fused-ring (bicyclic) bond motifs is 1. The smallest absolute Gasteiger partial charge is 0.287 e. The molecule has 4 heteroatoms. The third kappa shape index (κ3) is 0.797. The van der Waals surface area contributed by atoms with Crippen LogP contribution in [-0.4, -0.2) is 10.3 Å². The Labute approximate surface area is 61.0 Å². The Balaban J connectivity index is 2.99. The van der Waals surface area contributed by atoms with E-state index in [2.05, 4.69) is 5.16 Å². The maximum Gasteiger partial charge on any atom is 0.287 e. The molecule has 0 saturated heterocycles. The molecule has 0 aliphatic heterocycles. The van der Waals surface area contributed by atoms with Gasteiger partial charge in [-0.05, 0) is 18.2 Å². The van der Waals surface area contributed by atoms with Crippen LogP contribution in [0.3, 0.4) is 0 Å². The van der Waals surface area contributed by atoms with Gasteiger partial charge in [-0.3, -0.25) is 4.79 Å². The van der Waals surface area contributed by atoms with Crippen LogP contribution in [0.1, 0.15) is 0 Å². The summed E-state index contributed by atoms with van der Waals surface area (Å²) in [5, 5.41) is 11.5. The van der Waals surface area contributed by atoms with Crippen molar-refractivity contribution >= 4 is 11.0 Å². The fourth-order valence-corrected chi connectivity index (χ4v) is 0.941. The van der Waals surface area contributed by atoms with Crippen LogP contribution in [0.4, 0.5) is 0 Å². The largest absolute Gasteiger partial charge is 0.508 e. The van der Waals surface area contributed by atoms with E-state index >= 15 is 0 Å². The molecule has 0 atom stereocenters. The summed E-state index contributed by atoms with van der Waals surface area (Å²) in [7, 11) is 0. The molecule has 2 rings (SSSR count). The molecule has 0 unspecified atom stereocenters. The molecule has 0 amide bonds. The predicted octanol–water partition coefficient (Wildman–Crippen LogP) is 0.827. The number of hydrogen-bond donors (Lipinski definition) is 2. The highest BCUT2D eigenvalue weighted by atomic mass is 16.5. The van der Waals surface area contributed by atoms with Crippen LogP contribution in [0.15, 0.2) is 27.5 Å². The third-order valence-electron chi connectivity index (χ3n) is 1.46. The fraction of sp³-hybridized carbons (Fsp3) is 0. The topological polar surface area (TPSA) is 66.2 Å². The van der Waals surface area contributed by atoms with E-state index in [1.54, 1.807) is 0 Å². The van der Waals surface area contributed by atoms with Gasteiger partial charge in [0.2, 0.25) is 0 Å². The number of hydrogen-bond acceptors (Lipinski definition) is 3. The van der Waals surface area contributed by atoms with E-state index in [-0.39, 0.29) is 11.3 Å². The van der Waals surface area contributed by atoms with E-state index in [0.29, 0.717) is 11.0 Å². The molecular weight excluding hydrogens is 146 g/mol. The zero-order valence-corrected chi connectivity index (χ0v) is 5.50. The molecule has 1 heterocycles. The van der Waals surface area contributed by atoms with Crippen LogP contribution in [0, 0.1) is 0 Å². The van der Waals surface area contributed by atoms with Gasteiger partial charge in [-0.15, -0.1) is 0 Å². The van der Waals surface area contributed by atoms with Crippen molar-refractivity contribution in [3.63, 3.8) is 0 Å². The molecule has 1 aromatic heterocycles. The highest BCUT2D eigenvalue weighted by Crippen LogP contribution is 2.15. The van der Waals surface area contributed by atoms with E-state index in [1.165, 1.54) is 18.2 Å². The minimum atomic E-state index is -0.323. The second-order valence-electron chi connectivity index (χ2n) is 2.21. The van der Waals surface area contributed by atoms with Gasteiger partial charge in [0.05, 0.1) is 5.39 Å². The molecule has 4 nitrogen and oxygen atoms in total. The highest BCUT2D eigenvalue weighted by Gasteiger charge is 2.02. The minimum absolute atomic E-state index is 0.0596. The van der Waals surface area contributed by atoms with Gasteiger partial charge in [0.1, 0.15) is 5.75 Å². The molecule has 11 heavy (non-hydrogen) atoms. The summed E-state index contributed by atoms with van der Waals surface area (Å²) in [6, 6.07) is 4.35. The van der Waals surface area contributed by atoms with E-state index in [9.17, 15) is 4.79 Å². The van der Waals surface area contributed by atoms with Crippen molar-refractivity contribution in [1.29, 1.82) is 0 Å². The quantitative estimate of drug-likeness (QED) is 0.585. The standard InChI is InChI=1S/C7H5NO3/c9-4-1-2-6-5(3-4)7(10)8-11-6/h1-3,9H,(H,8,10). The zero-order chi connectivity index (χ0) is 7.84. The summed E-state index contributed by atoms with van der Waals surface area (Å²) in [6.45, 7) is 0. The Kier molecular flexibility index (Phi) is 1.03. The second kappa shape index (κ2) is 1.88. The van der Waals surface area contributed by atoms with E-state index in [1.807, 2.05) is 0 Å². The molecule has 0 radical (unpaired) electrons. The lowest BCUT2D eigenvalue weighted by molar-refractivity contribution is 0.448. The normalized spacial score (nSPS) is 10.5. The summed E-state index contributed by atoms with van der Waals surface area (Å²) in [4.78, 5) is 10.9. The Morgan fingerprint density at radius 1 is 1.45 bits per heavy atom. The van der Waals surface area contributed by atoms with Crippen molar-refractivity contribution in [2.45, 2.75) is 0 Å². The van der Waals surface area contributed by atoms with E-state index < -0.39 is 0 Å². The van der Waals surface area contributed by atoms with Gasteiger partial charge in [-0.2, -0.15) is 5.16 Å². The molecule has 0 aliphatic carbocycles. The van der Waals surface area contributed by atoms with Crippen LogP contribution in [0.5, 0.6) is 5.75 Å². The number of aromatic amines is 1. The van der Waals surface area contributed by atoms with Gasteiger partial charge >= 0.3 is 0 Å². The monoisotopic (exact) mass is 151 g/mol. The lowest BCUT2D eigenvalue weighted by atomic mass is 10.2. The molecule has 2 aromatic rings. The third-order valence-corrected chi connectivity index (χ3v) is 1.46. The van der Waals surface area contributed by atoms with Crippen LogP contribution in [0.25, 0.3) is 11.0 Å². The number of H-pyrrole nitrogens is 1. The van der Waals surface area contributed by atoms with Crippen molar-refractivity contribution < 1.29 is 9.63 Å². The first-order valence-corrected chi connectivity index (χ1v) is 3.07. The van der Waals surface area contributed by atoms with Gasteiger partial charge in [0, 0.05) is 0 Å². The second-order valence-corrected chi connectivity index (χ2v) is 2.21. The molecular formula is C7H5NO3. The predicted molar refractivity (Wildman–Crippen MR) is 38.5 cm³/mol. The van der Waals surface area contributed by atoms with Crippen LogP contribution in [0.2, 0.25) is 0 Å². The summed E-state index contributed by atoms with van der Waals surface area (Å²) in [5.74, 6) is 0.0596. The van der Waals surface area contributed by atoms with Crippen molar-refractivity contribution in [2.24, 2.45) is 0 Å². The highest BCUT2D eigenvalue weighted by molar-refractivity contribution is 5.77. The van der Waals surface area contributed by atoms with Gasteiger partial charge in [0.25, 0.3) is 5.56 Å². The Bertz CT molecular complexity index is 440. The first-order valence-electron chi connectivity index (χ1n) is 3.07. The van der Waals surface area contributed by atoms with Gasteiger partial charge in [0.15, 0.2) is 5.58 Å². The lowest BCUT2D eigenvalue weighted by Crippen LogP contribution is -1.95. The number of nitrogens with one attached hydrogen (secondary N) is 1. The number of phenols is 1. The SMILES string of the molecule is O=c1[nH]oc2ccc(O)cc12. The number of phenolic OH excluding ortho intramolecular Hbond substituents is 1. The number of aromatic nitrogens is 1. The molecule has 0 fully saturated rings. The zero-order valence-electron chi connectivity index (χ0n) is 5.50. The van der Waals surface area contributed by atoms with Crippen LogP contribution >= 0.6 is 0 Å². The minimum Gasteiger partial charge on any atom is -0.508 e. The summed E-state index contributed by atoms with van der Waals surface area (Å²) >= 11 is 0. The Hall–Kier alpha value is -1.71. The maximum atomic E-state index is 10.9. The first kappa shape index (κ1) is 6.03. The van der Waals surface area contributed by atoms with Crippen LogP contribution in [-0.2, 0) is 0 Å². The summed E-state index contributed by atoms with van der Waals surface area (Å²) < 4.78 is 4.76. The number of rotatable bonds is 0. The number of aromatic hydroxyl groups is 1. The Morgan fingerprint density at radius 2 is 2.27 bits per heavy atom. The average Bonchev–Trinajstić information content (AvgIpc) is 2.33. The number of benzene rings is 1. The van der Waals surface area contributed by atoms with Crippen molar-refractivity contribution in [3.8, 4) is 5.75 Å². The average molecular weight is 151 g/mol. The van der Waals surface area contributed by atoms with Gasteiger partial charge in [-0.25, -0.2) is 0 Å². The molecule has 0 aliphatic rings. The molecule has 56 valence electrons. The Morgan fingerprint density at radius 3 is 3.09 bits per heavy atom. The molecule has 0 bridgehead atoms. The van der Waals surface area contributed by atoms with Crippen molar-refractivity contribution in [3.05, 3.63) is 28.6 Å². The van der Waals surface area contributed by atoms with Crippen molar-refractivity contribution in [2.75, 3.05) is 0 Å². The van der Waals surface area contributed by atoms with E-state index in [0.717, 1.165) is 0 Å². The van der Waals surface area contributed by atoms with Gasteiger partial charge in [-0.1, -0.05) is 0 Å². The molecule has 0 spiro atoms. The lowest BCUT2D eigenvalue weighted by Gasteiger charge is -1.86. The molecule has 1 aromatic carbocycles. The fourth-order valence-electron chi connectivity index (χ4n) is 0.941. The van der Waals surface area contributed by atoms with Crippen molar-refractivity contribution in [1.82, 2.24) is 5.16 Å².